The second-order valence-corrected chi connectivity index (χ2v) is 5.44. The molecule has 2 aliphatic rings. The van der Waals surface area contributed by atoms with Crippen LogP contribution in [0.15, 0.2) is 35.6 Å². The van der Waals surface area contributed by atoms with Crippen LogP contribution < -0.4 is 4.74 Å². The third-order valence-electron chi connectivity index (χ3n) is 4.18. The maximum absolute atomic E-state index is 12.4. The quantitative estimate of drug-likeness (QED) is 0.909. The number of nitrogens with zero attached hydrogens (tertiary/aromatic N) is 1. The maximum Gasteiger partial charge on any atom is 0.205 e. The van der Waals surface area contributed by atoms with E-state index in [4.69, 9.17) is 14.9 Å². The van der Waals surface area contributed by atoms with Gasteiger partial charge in [-0.1, -0.05) is 12.1 Å². The van der Waals surface area contributed by atoms with Gasteiger partial charge in [0.15, 0.2) is 5.78 Å². The summed E-state index contributed by atoms with van der Waals surface area (Å²) in [6.07, 6.45) is 1.85. The van der Waals surface area contributed by atoms with E-state index >= 15 is 0 Å². The molecule has 2 atom stereocenters. The highest BCUT2D eigenvalue weighted by Gasteiger charge is 2.42. The van der Waals surface area contributed by atoms with E-state index in [1.54, 1.807) is 19.2 Å². The number of nitriles is 1. The molecule has 0 aromatic heterocycles. The number of Topliss-reactive ketones (excluding diaryl/α,β-unsaturated/α-hetero) is 1. The first-order chi connectivity index (χ1) is 10.7. The molecule has 1 aliphatic heterocycles. The number of hydrogen-bond donors (Lipinski definition) is 1. The van der Waals surface area contributed by atoms with Crippen molar-refractivity contribution in [1.29, 1.82) is 10.7 Å². The predicted molar refractivity (Wildman–Crippen MR) is 79.5 cm³/mol. The van der Waals surface area contributed by atoms with Gasteiger partial charge in [-0.25, -0.2) is 0 Å². The topological polar surface area (TPSA) is 83.2 Å². The predicted octanol–water partition coefficient (Wildman–Crippen LogP) is 2.93. The Hall–Kier alpha value is -2.61. The van der Waals surface area contributed by atoms with Crippen molar-refractivity contribution >= 4 is 11.7 Å². The standard InChI is InChI=1S/C17H16N2O3/c1-21-11-7-5-10(6-8-11)15-12(9-18)17(19)22-14-4-2-3-13(20)16(14)15/h5-8,12,15,19H,2-4H2,1H3. The van der Waals surface area contributed by atoms with E-state index < -0.39 is 11.8 Å². The lowest BCUT2D eigenvalue weighted by Crippen LogP contribution is -2.34. The Kier molecular flexibility index (Phi) is 3.68. The summed E-state index contributed by atoms with van der Waals surface area (Å²) in [5, 5.41) is 17.4. The van der Waals surface area contributed by atoms with Crippen LogP contribution in [0.5, 0.6) is 5.75 Å². The van der Waals surface area contributed by atoms with E-state index in [1.165, 1.54) is 0 Å². The maximum atomic E-state index is 12.4. The van der Waals surface area contributed by atoms with Crippen molar-refractivity contribution in [3.8, 4) is 11.8 Å². The fraction of sp³-hybridized carbons (Fsp3) is 0.353. The second kappa shape index (κ2) is 5.64. The van der Waals surface area contributed by atoms with Crippen molar-refractivity contribution in [2.24, 2.45) is 5.92 Å². The Morgan fingerprint density at radius 2 is 2.05 bits per heavy atom. The molecule has 2 unspecified atom stereocenters. The molecule has 1 aliphatic carbocycles. The Balaban J connectivity index is 2.11. The first-order valence-electron chi connectivity index (χ1n) is 7.21. The molecule has 3 rings (SSSR count). The van der Waals surface area contributed by atoms with Gasteiger partial charge >= 0.3 is 0 Å². The van der Waals surface area contributed by atoms with Crippen molar-refractivity contribution in [1.82, 2.24) is 0 Å². The monoisotopic (exact) mass is 296 g/mol. The Morgan fingerprint density at radius 3 is 2.68 bits per heavy atom. The van der Waals surface area contributed by atoms with Crippen molar-refractivity contribution in [2.75, 3.05) is 7.11 Å². The number of ether oxygens (including phenoxy) is 2. The van der Waals surface area contributed by atoms with Gasteiger partial charge < -0.3 is 9.47 Å². The van der Waals surface area contributed by atoms with Crippen LogP contribution in [0.3, 0.4) is 0 Å². The van der Waals surface area contributed by atoms with Gasteiger partial charge in [-0.05, 0) is 24.1 Å². The van der Waals surface area contributed by atoms with Gasteiger partial charge in [-0.3, -0.25) is 10.2 Å². The van der Waals surface area contributed by atoms with Gasteiger partial charge in [0.05, 0.1) is 13.2 Å². The minimum absolute atomic E-state index is 0.0230. The van der Waals surface area contributed by atoms with Crippen LogP contribution in [0.1, 0.15) is 30.7 Å². The molecule has 0 saturated heterocycles. The average Bonchev–Trinajstić information content (AvgIpc) is 2.54. The van der Waals surface area contributed by atoms with Crippen molar-refractivity contribution < 1.29 is 14.3 Å². The molecule has 22 heavy (non-hydrogen) atoms. The highest BCUT2D eigenvalue weighted by molar-refractivity contribution is 6.01. The van der Waals surface area contributed by atoms with E-state index in [9.17, 15) is 10.1 Å². The van der Waals surface area contributed by atoms with Gasteiger partial charge in [0, 0.05) is 24.3 Å². The fourth-order valence-corrected chi connectivity index (χ4v) is 3.11. The first-order valence-corrected chi connectivity index (χ1v) is 7.21. The molecular weight excluding hydrogens is 280 g/mol. The summed E-state index contributed by atoms with van der Waals surface area (Å²) in [6.45, 7) is 0. The zero-order valence-electron chi connectivity index (χ0n) is 12.3. The summed E-state index contributed by atoms with van der Waals surface area (Å²) in [6, 6.07) is 9.41. The number of hydrogen-bond acceptors (Lipinski definition) is 5. The van der Waals surface area contributed by atoms with Crippen LogP contribution in [0.4, 0.5) is 0 Å². The zero-order chi connectivity index (χ0) is 15.7. The lowest BCUT2D eigenvalue weighted by molar-refractivity contribution is -0.116. The first kappa shape index (κ1) is 14.3. The second-order valence-electron chi connectivity index (χ2n) is 5.44. The van der Waals surface area contributed by atoms with Gasteiger partial charge in [0.2, 0.25) is 5.90 Å². The van der Waals surface area contributed by atoms with E-state index in [0.29, 0.717) is 29.9 Å². The molecule has 1 aromatic rings. The molecule has 0 bridgehead atoms. The summed E-state index contributed by atoms with van der Waals surface area (Å²) in [5.41, 5.74) is 1.40. The third kappa shape index (κ3) is 2.27. The molecule has 1 heterocycles. The minimum atomic E-state index is -0.769. The number of methoxy groups -OCH3 is 1. The Morgan fingerprint density at radius 1 is 1.32 bits per heavy atom. The Labute approximate surface area is 128 Å². The zero-order valence-corrected chi connectivity index (χ0v) is 12.3. The molecule has 0 radical (unpaired) electrons. The van der Waals surface area contributed by atoms with Crippen LogP contribution in [-0.2, 0) is 9.53 Å². The number of carbonyl (C=O) groups is 1. The summed E-state index contributed by atoms with van der Waals surface area (Å²) in [7, 11) is 1.59. The van der Waals surface area contributed by atoms with Crippen LogP contribution in [-0.4, -0.2) is 18.8 Å². The molecule has 0 saturated carbocycles. The number of nitrogens with one attached hydrogen (secondary N) is 1. The Bertz CT molecular complexity index is 698. The minimum Gasteiger partial charge on any atom is -0.497 e. The largest absolute Gasteiger partial charge is 0.497 e. The van der Waals surface area contributed by atoms with Crippen LogP contribution in [0.25, 0.3) is 0 Å². The normalized spacial score (nSPS) is 24.4. The van der Waals surface area contributed by atoms with Crippen molar-refractivity contribution in [3.05, 3.63) is 41.2 Å². The molecule has 5 nitrogen and oxygen atoms in total. The van der Waals surface area contributed by atoms with Gasteiger partial charge in [-0.2, -0.15) is 5.26 Å². The molecule has 0 spiro atoms. The molecule has 0 amide bonds. The molecular formula is C17H16N2O3. The van der Waals surface area contributed by atoms with Gasteiger partial charge in [-0.15, -0.1) is 0 Å². The average molecular weight is 296 g/mol. The molecule has 1 aromatic carbocycles. The van der Waals surface area contributed by atoms with Gasteiger partial charge in [0.1, 0.15) is 17.4 Å². The highest BCUT2D eigenvalue weighted by Crippen LogP contribution is 2.43. The van der Waals surface area contributed by atoms with Crippen LogP contribution in [0, 0.1) is 22.7 Å². The molecule has 112 valence electrons. The lowest BCUT2D eigenvalue weighted by atomic mass is 9.74. The van der Waals surface area contributed by atoms with E-state index in [0.717, 1.165) is 12.0 Å². The van der Waals surface area contributed by atoms with Crippen LogP contribution in [0.2, 0.25) is 0 Å². The highest BCUT2D eigenvalue weighted by atomic mass is 16.5. The number of allylic oxidation sites excluding steroid dienone is 2. The van der Waals surface area contributed by atoms with Crippen molar-refractivity contribution in [2.45, 2.75) is 25.2 Å². The number of ketones is 1. The summed E-state index contributed by atoms with van der Waals surface area (Å²) in [4.78, 5) is 12.4. The fourth-order valence-electron chi connectivity index (χ4n) is 3.11. The van der Waals surface area contributed by atoms with E-state index in [1.807, 2.05) is 12.1 Å². The van der Waals surface area contributed by atoms with Crippen molar-refractivity contribution in [3.63, 3.8) is 0 Å². The summed E-state index contributed by atoms with van der Waals surface area (Å²) < 4.78 is 10.6. The summed E-state index contributed by atoms with van der Waals surface area (Å²) in [5.74, 6) is 0.0258. The smallest absolute Gasteiger partial charge is 0.205 e. The lowest BCUT2D eigenvalue weighted by Gasteiger charge is -2.34. The molecule has 0 fully saturated rings. The van der Waals surface area contributed by atoms with E-state index in [2.05, 4.69) is 6.07 Å². The van der Waals surface area contributed by atoms with Crippen LogP contribution >= 0.6 is 0 Å². The third-order valence-corrected chi connectivity index (χ3v) is 4.18. The number of rotatable bonds is 2. The van der Waals surface area contributed by atoms with Gasteiger partial charge in [0.25, 0.3) is 0 Å². The van der Waals surface area contributed by atoms with E-state index in [-0.39, 0.29) is 11.7 Å². The summed E-state index contributed by atoms with van der Waals surface area (Å²) >= 11 is 0. The number of carbonyl (C=O) groups excluding carboxylic acids is 1. The molecule has 5 heteroatoms. The SMILES string of the molecule is COc1ccc(C2C3=C(CCCC3=O)OC(=N)C2C#N)cc1. The number of benzene rings is 1. The molecule has 1 N–H and O–H groups in total.